The Hall–Kier alpha value is -3.91. The molecule has 9 heteroatoms. The lowest BCUT2D eigenvalue weighted by molar-refractivity contribution is -0.385. The predicted molar refractivity (Wildman–Crippen MR) is 121 cm³/mol. The summed E-state index contributed by atoms with van der Waals surface area (Å²) >= 11 is 6.05. The van der Waals surface area contributed by atoms with E-state index in [0.717, 1.165) is 5.69 Å². The monoisotopic (exact) mass is 466 g/mol. The van der Waals surface area contributed by atoms with Crippen LogP contribution in [0.3, 0.4) is 0 Å². The summed E-state index contributed by atoms with van der Waals surface area (Å²) in [6, 6.07) is 20.0. The summed E-state index contributed by atoms with van der Waals surface area (Å²) in [5, 5.41) is 11.3. The fourth-order valence-electron chi connectivity index (χ4n) is 3.51. The second-order valence-corrected chi connectivity index (χ2v) is 7.85. The summed E-state index contributed by atoms with van der Waals surface area (Å²) in [5.74, 6) is -0.772. The number of benzene rings is 3. The number of hydrogen-bond donors (Lipinski definition) is 0. The van der Waals surface area contributed by atoms with Crippen LogP contribution in [-0.4, -0.2) is 23.3 Å². The summed E-state index contributed by atoms with van der Waals surface area (Å²) in [4.78, 5) is 37.0. The first-order chi connectivity index (χ1) is 15.9. The number of carbonyl (C=O) groups is 2. The molecule has 0 spiro atoms. The van der Waals surface area contributed by atoms with E-state index in [2.05, 4.69) is 0 Å². The molecule has 1 atom stereocenters. The lowest BCUT2D eigenvalue weighted by Crippen LogP contribution is -2.26. The van der Waals surface area contributed by atoms with Crippen LogP contribution in [0.25, 0.3) is 0 Å². The fraction of sp³-hybridized carbons (Fsp3) is 0.167. The molecule has 1 aliphatic heterocycles. The Labute approximate surface area is 194 Å². The lowest BCUT2D eigenvalue weighted by Gasteiger charge is -2.16. The van der Waals surface area contributed by atoms with Crippen molar-refractivity contribution in [3.05, 3.63) is 93.5 Å². The van der Waals surface area contributed by atoms with Gasteiger partial charge in [0.1, 0.15) is 12.4 Å². The highest BCUT2D eigenvalue weighted by atomic mass is 35.5. The first-order valence-electron chi connectivity index (χ1n) is 10.1. The maximum atomic E-state index is 12.5. The third-order valence-electron chi connectivity index (χ3n) is 5.19. The summed E-state index contributed by atoms with van der Waals surface area (Å²) in [6.07, 6.45) is 0.108. The van der Waals surface area contributed by atoms with E-state index in [4.69, 9.17) is 21.1 Å². The van der Waals surface area contributed by atoms with Gasteiger partial charge in [0.2, 0.25) is 11.7 Å². The van der Waals surface area contributed by atoms with E-state index >= 15 is 0 Å². The van der Waals surface area contributed by atoms with Gasteiger partial charge in [-0.1, -0.05) is 48.0 Å². The van der Waals surface area contributed by atoms with E-state index < -0.39 is 16.8 Å². The van der Waals surface area contributed by atoms with Gasteiger partial charge in [-0.3, -0.25) is 19.7 Å². The minimum absolute atomic E-state index is 0.0291. The number of amides is 1. The number of esters is 1. The summed E-state index contributed by atoms with van der Waals surface area (Å²) in [7, 11) is 0. The highest BCUT2D eigenvalue weighted by molar-refractivity contribution is 6.32. The Morgan fingerprint density at radius 3 is 2.48 bits per heavy atom. The first-order valence-corrected chi connectivity index (χ1v) is 10.5. The third-order valence-corrected chi connectivity index (χ3v) is 5.49. The summed E-state index contributed by atoms with van der Waals surface area (Å²) in [6.45, 7) is 0.312. The van der Waals surface area contributed by atoms with Gasteiger partial charge in [-0.05, 0) is 35.9 Å². The molecule has 1 heterocycles. The van der Waals surface area contributed by atoms with Crippen LogP contribution in [0, 0.1) is 16.0 Å². The van der Waals surface area contributed by atoms with Crippen LogP contribution in [0.1, 0.15) is 12.0 Å². The number of rotatable bonds is 7. The van der Waals surface area contributed by atoms with E-state index in [1.165, 1.54) is 18.2 Å². The normalized spacial score (nSPS) is 15.4. The van der Waals surface area contributed by atoms with Crippen molar-refractivity contribution < 1.29 is 24.0 Å². The predicted octanol–water partition coefficient (Wildman–Crippen LogP) is 5.14. The molecule has 8 nitrogen and oxygen atoms in total. The Morgan fingerprint density at radius 1 is 1.06 bits per heavy atom. The van der Waals surface area contributed by atoms with Crippen molar-refractivity contribution in [3.8, 4) is 11.5 Å². The molecule has 1 saturated heterocycles. The van der Waals surface area contributed by atoms with Crippen LogP contribution in [0.15, 0.2) is 72.8 Å². The van der Waals surface area contributed by atoms with Crippen LogP contribution < -0.4 is 9.64 Å². The van der Waals surface area contributed by atoms with Crippen LogP contribution in [-0.2, 0) is 20.9 Å². The minimum atomic E-state index is -0.568. The standard InChI is InChI=1S/C24H19ClN2O6/c25-20-7-4-8-21(27(30)31)23(20)33-19-11-9-16(10-12-19)15-32-24(29)17-13-22(28)26(14-17)18-5-2-1-3-6-18/h1-12,17H,13-15H2/t17-/m0/s1. The molecule has 0 saturated carbocycles. The van der Waals surface area contributed by atoms with Gasteiger partial charge in [-0.25, -0.2) is 0 Å². The molecule has 0 aromatic heterocycles. The van der Waals surface area contributed by atoms with Crippen molar-refractivity contribution in [1.29, 1.82) is 0 Å². The Morgan fingerprint density at radius 2 is 1.79 bits per heavy atom. The number of nitro groups is 1. The number of nitro benzene ring substituents is 1. The first kappa shape index (κ1) is 22.3. The van der Waals surface area contributed by atoms with Crippen molar-refractivity contribution >= 4 is 34.9 Å². The van der Waals surface area contributed by atoms with E-state index in [1.54, 1.807) is 29.2 Å². The van der Waals surface area contributed by atoms with E-state index in [-0.39, 0.29) is 41.9 Å². The largest absolute Gasteiger partial charge is 0.461 e. The number of anilines is 1. The van der Waals surface area contributed by atoms with E-state index in [1.807, 2.05) is 30.3 Å². The maximum Gasteiger partial charge on any atom is 0.313 e. The van der Waals surface area contributed by atoms with Crippen molar-refractivity contribution in [2.75, 3.05) is 11.4 Å². The summed E-state index contributed by atoms with van der Waals surface area (Å²) in [5.41, 5.74) is 1.22. The second-order valence-electron chi connectivity index (χ2n) is 7.44. The summed E-state index contributed by atoms with van der Waals surface area (Å²) < 4.78 is 11.0. The molecule has 1 amide bonds. The van der Waals surface area contributed by atoms with Crippen molar-refractivity contribution in [3.63, 3.8) is 0 Å². The van der Waals surface area contributed by atoms with Crippen LogP contribution in [0.2, 0.25) is 5.02 Å². The molecule has 3 aromatic rings. The van der Waals surface area contributed by atoms with Gasteiger partial charge >= 0.3 is 11.7 Å². The van der Waals surface area contributed by atoms with E-state index in [9.17, 15) is 19.7 Å². The molecule has 0 radical (unpaired) electrons. The number of nitrogens with zero attached hydrogens (tertiary/aromatic N) is 2. The van der Waals surface area contributed by atoms with Gasteiger partial charge in [0.15, 0.2) is 0 Å². The highest BCUT2D eigenvalue weighted by Crippen LogP contribution is 2.37. The van der Waals surface area contributed by atoms with Gasteiger partial charge in [0.25, 0.3) is 0 Å². The minimum Gasteiger partial charge on any atom is -0.461 e. The third kappa shape index (κ3) is 5.12. The molecule has 0 aliphatic carbocycles. The Kier molecular flexibility index (Phi) is 6.55. The number of hydrogen-bond acceptors (Lipinski definition) is 6. The molecule has 3 aromatic carbocycles. The van der Waals surface area contributed by atoms with Crippen LogP contribution >= 0.6 is 11.6 Å². The average Bonchev–Trinajstić information content (AvgIpc) is 3.22. The van der Waals surface area contributed by atoms with Crippen molar-refractivity contribution in [2.24, 2.45) is 5.92 Å². The highest BCUT2D eigenvalue weighted by Gasteiger charge is 2.36. The molecular weight excluding hydrogens is 448 g/mol. The zero-order chi connectivity index (χ0) is 23.4. The Bertz CT molecular complexity index is 1180. The number of para-hydroxylation sites is 2. The average molecular weight is 467 g/mol. The van der Waals surface area contributed by atoms with E-state index in [0.29, 0.717) is 11.3 Å². The van der Waals surface area contributed by atoms with Gasteiger partial charge in [-0.2, -0.15) is 0 Å². The van der Waals surface area contributed by atoms with Crippen molar-refractivity contribution in [1.82, 2.24) is 0 Å². The molecule has 4 rings (SSSR count). The zero-order valence-corrected chi connectivity index (χ0v) is 18.1. The smallest absolute Gasteiger partial charge is 0.313 e. The van der Waals surface area contributed by atoms with Crippen LogP contribution in [0.5, 0.6) is 11.5 Å². The quantitative estimate of drug-likeness (QED) is 0.271. The van der Waals surface area contributed by atoms with Gasteiger partial charge < -0.3 is 14.4 Å². The molecule has 168 valence electrons. The second kappa shape index (κ2) is 9.70. The molecule has 33 heavy (non-hydrogen) atoms. The fourth-order valence-corrected chi connectivity index (χ4v) is 3.72. The van der Waals surface area contributed by atoms with Gasteiger partial charge in [-0.15, -0.1) is 0 Å². The lowest BCUT2D eigenvalue weighted by atomic mass is 10.1. The molecule has 1 fully saturated rings. The van der Waals surface area contributed by atoms with Crippen LogP contribution in [0.4, 0.5) is 11.4 Å². The zero-order valence-electron chi connectivity index (χ0n) is 17.3. The number of halogens is 1. The number of carbonyl (C=O) groups excluding carboxylic acids is 2. The molecular formula is C24H19ClN2O6. The molecule has 0 unspecified atom stereocenters. The molecule has 0 bridgehead atoms. The Balaban J connectivity index is 1.34. The SMILES string of the molecule is O=C(OCc1ccc(Oc2c(Cl)cccc2[N+](=O)[O-])cc1)[C@H]1CC(=O)N(c2ccccc2)C1. The maximum absolute atomic E-state index is 12.5. The van der Waals surface area contributed by atoms with Crippen molar-refractivity contribution in [2.45, 2.75) is 13.0 Å². The van der Waals surface area contributed by atoms with Gasteiger partial charge in [0.05, 0.1) is 15.9 Å². The van der Waals surface area contributed by atoms with Gasteiger partial charge in [0, 0.05) is 24.7 Å². The molecule has 1 aliphatic rings. The topological polar surface area (TPSA) is 99.0 Å². The number of ether oxygens (including phenoxy) is 2. The molecule has 0 N–H and O–H groups in total.